The van der Waals surface area contributed by atoms with Gasteiger partial charge in [0.1, 0.15) is 0 Å². The molecule has 82 valence electrons. The van der Waals surface area contributed by atoms with Crippen molar-refractivity contribution in [3.05, 3.63) is 48.3 Å². The van der Waals surface area contributed by atoms with Crippen LogP contribution in [-0.4, -0.2) is 4.98 Å². The molecule has 1 aromatic carbocycles. The second-order valence-electron chi connectivity index (χ2n) is 5.09. The highest BCUT2D eigenvalue weighted by molar-refractivity contribution is 5.87. The van der Waals surface area contributed by atoms with E-state index in [9.17, 15) is 0 Å². The van der Waals surface area contributed by atoms with Gasteiger partial charge in [-0.1, -0.05) is 45.6 Å². The number of fused-ring (bicyclic) bond motifs is 1. The number of benzene rings is 1. The standard InChI is InChI=1S/C15H17N/c1-5-11-6-7-12-8-9-16-14(13(12)10-11)15(2,3)4/h5-10H,1H2,2-4H3. The number of rotatable bonds is 1. The fourth-order valence-electron chi connectivity index (χ4n) is 1.91. The molecular weight excluding hydrogens is 194 g/mol. The molecule has 0 aliphatic carbocycles. The van der Waals surface area contributed by atoms with Gasteiger partial charge in [-0.3, -0.25) is 4.98 Å². The van der Waals surface area contributed by atoms with E-state index in [-0.39, 0.29) is 5.41 Å². The fraction of sp³-hybridized carbons (Fsp3) is 0.267. The van der Waals surface area contributed by atoms with Gasteiger partial charge in [-0.25, -0.2) is 0 Å². The monoisotopic (exact) mass is 211 g/mol. The van der Waals surface area contributed by atoms with E-state index in [1.165, 1.54) is 10.8 Å². The third-order valence-electron chi connectivity index (χ3n) is 2.74. The van der Waals surface area contributed by atoms with Crippen molar-refractivity contribution >= 4 is 16.8 Å². The molecule has 16 heavy (non-hydrogen) atoms. The molecule has 0 N–H and O–H groups in total. The predicted molar refractivity (Wildman–Crippen MR) is 70.5 cm³/mol. The first kappa shape index (κ1) is 10.9. The Morgan fingerprint density at radius 2 is 1.94 bits per heavy atom. The molecule has 1 heteroatoms. The predicted octanol–water partition coefficient (Wildman–Crippen LogP) is 4.18. The van der Waals surface area contributed by atoms with Crippen molar-refractivity contribution in [2.45, 2.75) is 26.2 Å². The molecule has 2 rings (SSSR count). The first-order chi connectivity index (χ1) is 7.52. The zero-order chi connectivity index (χ0) is 11.8. The summed E-state index contributed by atoms with van der Waals surface area (Å²) in [5, 5.41) is 2.47. The number of pyridine rings is 1. The van der Waals surface area contributed by atoms with Crippen LogP contribution in [0.2, 0.25) is 0 Å². The highest BCUT2D eigenvalue weighted by Crippen LogP contribution is 2.28. The van der Waals surface area contributed by atoms with Gasteiger partial charge in [0.25, 0.3) is 0 Å². The smallest absolute Gasteiger partial charge is 0.0535 e. The summed E-state index contributed by atoms with van der Waals surface area (Å²) in [7, 11) is 0. The lowest BCUT2D eigenvalue weighted by molar-refractivity contribution is 0.575. The van der Waals surface area contributed by atoms with Gasteiger partial charge < -0.3 is 0 Å². The molecule has 0 atom stereocenters. The Morgan fingerprint density at radius 3 is 2.56 bits per heavy atom. The second kappa shape index (κ2) is 3.75. The van der Waals surface area contributed by atoms with Crippen LogP contribution in [0.25, 0.3) is 16.8 Å². The van der Waals surface area contributed by atoms with E-state index in [0.29, 0.717) is 0 Å². The van der Waals surface area contributed by atoms with Gasteiger partial charge in [0.05, 0.1) is 5.69 Å². The minimum Gasteiger partial charge on any atom is -0.260 e. The summed E-state index contributed by atoms with van der Waals surface area (Å²) in [6.07, 6.45) is 3.76. The molecule has 0 saturated carbocycles. The lowest BCUT2D eigenvalue weighted by atomic mass is 9.88. The number of hydrogen-bond acceptors (Lipinski definition) is 1. The summed E-state index contributed by atoms with van der Waals surface area (Å²) in [4.78, 5) is 4.52. The van der Waals surface area contributed by atoms with Crippen LogP contribution in [0.3, 0.4) is 0 Å². The van der Waals surface area contributed by atoms with Crippen molar-refractivity contribution in [3.8, 4) is 0 Å². The molecule has 0 unspecified atom stereocenters. The maximum Gasteiger partial charge on any atom is 0.0535 e. The van der Waals surface area contributed by atoms with Gasteiger partial charge in [0.15, 0.2) is 0 Å². The van der Waals surface area contributed by atoms with Crippen LogP contribution in [-0.2, 0) is 5.41 Å². The van der Waals surface area contributed by atoms with Gasteiger partial charge in [0, 0.05) is 17.0 Å². The molecular formula is C15H17N. The van der Waals surface area contributed by atoms with Crippen LogP contribution in [0.5, 0.6) is 0 Å². The van der Waals surface area contributed by atoms with Crippen LogP contribution < -0.4 is 0 Å². The molecule has 0 amide bonds. The molecule has 0 saturated heterocycles. The Hall–Kier alpha value is -1.63. The quantitative estimate of drug-likeness (QED) is 0.689. The maximum absolute atomic E-state index is 4.52. The minimum atomic E-state index is 0.0688. The molecule has 1 aromatic heterocycles. The Bertz CT molecular complexity index is 533. The zero-order valence-electron chi connectivity index (χ0n) is 10.1. The molecule has 0 radical (unpaired) electrons. The average molecular weight is 211 g/mol. The molecule has 1 nitrogen and oxygen atoms in total. The summed E-state index contributed by atoms with van der Waals surface area (Å²) < 4.78 is 0. The van der Waals surface area contributed by atoms with Crippen LogP contribution in [0.15, 0.2) is 37.0 Å². The van der Waals surface area contributed by atoms with Gasteiger partial charge in [-0.2, -0.15) is 0 Å². The maximum atomic E-state index is 4.52. The van der Waals surface area contributed by atoms with E-state index in [1.807, 2.05) is 12.3 Å². The van der Waals surface area contributed by atoms with Crippen LogP contribution in [0.1, 0.15) is 32.0 Å². The Balaban J connectivity index is 2.79. The molecule has 0 aliphatic heterocycles. The van der Waals surface area contributed by atoms with Crippen molar-refractivity contribution < 1.29 is 0 Å². The van der Waals surface area contributed by atoms with Crippen molar-refractivity contribution in [1.29, 1.82) is 0 Å². The van der Waals surface area contributed by atoms with E-state index in [0.717, 1.165) is 11.3 Å². The van der Waals surface area contributed by atoms with Crippen LogP contribution >= 0.6 is 0 Å². The van der Waals surface area contributed by atoms with E-state index in [2.05, 4.69) is 56.6 Å². The summed E-state index contributed by atoms with van der Waals surface area (Å²) in [5.74, 6) is 0. The first-order valence-corrected chi connectivity index (χ1v) is 5.54. The molecule has 0 bridgehead atoms. The van der Waals surface area contributed by atoms with Gasteiger partial charge in [0.2, 0.25) is 0 Å². The van der Waals surface area contributed by atoms with E-state index >= 15 is 0 Å². The van der Waals surface area contributed by atoms with Crippen molar-refractivity contribution in [2.24, 2.45) is 0 Å². The molecule has 2 aromatic rings. The van der Waals surface area contributed by atoms with E-state index < -0.39 is 0 Å². The number of hydrogen-bond donors (Lipinski definition) is 0. The zero-order valence-corrected chi connectivity index (χ0v) is 10.1. The number of nitrogens with zero attached hydrogens (tertiary/aromatic N) is 1. The second-order valence-corrected chi connectivity index (χ2v) is 5.09. The topological polar surface area (TPSA) is 12.9 Å². The van der Waals surface area contributed by atoms with Gasteiger partial charge in [-0.15, -0.1) is 0 Å². The summed E-state index contributed by atoms with van der Waals surface area (Å²) in [6, 6.07) is 8.43. The lowest BCUT2D eigenvalue weighted by Crippen LogP contribution is -2.13. The SMILES string of the molecule is C=Cc1ccc2ccnc(C(C)(C)C)c2c1. The summed E-state index contributed by atoms with van der Waals surface area (Å²) in [6.45, 7) is 10.4. The molecule has 0 aliphatic rings. The van der Waals surface area contributed by atoms with Crippen molar-refractivity contribution in [2.75, 3.05) is 0 Å². The largest absolute Gasteiger partial charge is 0.260 e. The van der Waals surface area contributed by atoms with Crippen LogP contribution in [0.4, 0.5) is 0 Å². The van der Waals surface area contributed by atoms with E-state index in [1.54, 1.807) is 0 Å². The van der Waals surface area contributed by atoms with Crippen molar-refractivity contribution in [3.63, 3.8) is 0 Å². The Labute approximate surface area is 96.8 Å². The van der Waals surface area contributed by atoms with Crippen molar-refractivity contribution in [1.82, 2.24) is 4.98 Å². The van der Waals surface area contributed by atoms with Gasteiger partial charge >= 0.3 is 0 Å². The lowest BCUT2D eigenvalue weighted by Gasteiger charge is -2.19. The third kappa shape index (κ3) is 1.85. The minimum absolute atomic E-state index is 0.0688. The summed E-state index contributed by atoms with van der Waals surface area (Å²) in [5.41, 5.74) is 2.36. The van der Waals surface area contributed by atoms with Crippen LogP contribution in [0, 0.1) is 0 Å². The highest BCUT2D eigenvalue weighted by atomic mass is 14.7. The molecule has 0 spiro atoms. The Morgan fingerprint density at radius 1 is 1.19 bits per heavy atom. The Kier molecular flexibility index (Phi) is 2.55. The normalized spacial score (nSPS) is 11.7. The van der Waals surface area contributed by atoms with E-state index in [4.69, 9.17) is 0 Å². The summed E-state index contributed by atoms with van der Waals surface area (Å²) >= 11 is 0. The number of aromatic nitrogens is 1. The molecule has 1 heterocycles. The average Bonchev–Trinajstić information content (AvgIpc) is 2.26. The highest BCUT2D eigenvalue weighted by Gasteiger charge is 2.18. The first-order valence-electron chi connectivity index (χ1n) is 5.54. The fourth-order valence-corrected chi connectivity index (χ4v) is 1.91. The molecule has 0 fully saturated rings. The van der Waals surface area contributed by atoms with Gasteiger partial charge in [-0.05, 0) is 23.1 Å². The third-order valence-corrected chi connectivity index (χ3v) is 2.74.